The molecule has 1 N–H and O–H groups in total. The third-order valence-electron chi connectivity index (χ3n) is 3.55. The molecule has 1 saturated heterocycles. The molecule has 1 unspecified atom stereocenters. The van der Waals surface area contributed by atoms with Crippen LogP contribution >= 0.6 is 11.6 Å². The molecule has 1 aliphatic heterocycles. The quantitative estimate of drug-likeness (QED) is 0.911. The summed E-state index contributed by atoms with van der Waals surface area (Å²) in [6.07, 6.45) is 3.83. The van der Waals surface area contributed by atoms with Gasteiger partial charge in [-0.05, 0) is 44.6 Å². The van der Waals surface area contributed by atoms with Crippen molar-refractivity contribution in [3.63, 3.8) is 0 Å². The summed E-state index contributed by atoms with van der Waals surface area (Å²) in [6.45, 7) is 2.08. The lowest BCUT2D eigenvalue weighted by molar-refractivity contribution is 0.194. The predicted octanol–water partition coefficient (Wildman–Crippen LogP) is 3.11. The molecule has 1 fully saturated rings. The topological polar surface area (TPSA) is 39.1 Å². The molecular weight excluding hydrogens is 246 g/mol. The Kier molecular flexibility index (Phi) is 4.46. The van der Waals surface area contributed by atoms with Gasteiger partial charge in [0.2, 0.25) is 0 Å². The number of hydrogen-bond acceptors (Lipinski definition) is 3. The standard InChI is InChI=1S/C14H18ClN3/c1-18-7-3-2-4-12(18)10-17-14-6-5-11(9-16)8-13(14)15/h5-6,8,12,17H,2-4,7,10H2,1H3. The number of hydrogen-bond donors (Lipinski definition) is 1. The van der Waals surface area contributed by atoms with Crippen LogP contribution in [0.3, 0.4) is 0 Å². The molecule has 4 heteroatoms. The van der Waals surface area contributed by atoms with Crippen LogP contribution in [0.1, 0.15) is 24.8 Å². The second kappa shape index (κ2) is 6.08. The number of piperidine rings is 1. The smallest absolute Gasteiger partial charge is 0.0992 e. The van der Waals surface area contributed by atoms with E-state index >= 15 is 0 Å². The minimum Gasteiger partial charge on any atom is -0.382 e. The van der Waals surface area contributed by atoms with Gasteiger partial charge in [0, 0.05) is 12.6 Å². The van der Waals surface area contributed by atoms with Crippen LogP contribution in [-0.2, 0) is 0 Å². The molecular formula is C14H18ClN3. The van der Waals surface area contributed by atoms with Crippen LogP contribution in [0.4, 0.5) is 5.69 Å². The molecule has 0 aromatic heterocycles. The van der Waals surface area contributed by atoms with E-state index in [1.165, 1.54) is 25.8 Å². The molecule has 1 aromatic carbocycles. The maximum absolute atomic E-state index is 8.79. The van der Waals surface area contributed by atoms with Gasteiger partial charge in [-0.2, -0.15) is 5.26 Å². The monoisotopic (exact) mass is 263 g/mol. The van der Waals surface area contributed by atoms with Crippen LogP contribution in [0.15, 0.2) is 18.2 Å². The zero-order valence-electron chi connectivity index (χ0n) is 10.6. The van der Waals surface area contributed by atoms with E-state index in [1.807, 2.05) is 6.07 Å². The van der Waals surface area contributed by atoms with Crippen LogP contribution in [-0.4, -0.2) is 31.1 Å². The molecule has 96 valence electrons. The highest BCUT2D eigenvalue weighted by Crippen LogP contribution is 2.23. The highest BCUT2D eigenvalue weighted by atomic mass is 35.5. The van der Waals surface area contributed by atoms with Gasteiger partial charge in [-0.3, -0.25) is 0 Å². The first-order chi connectivity index (χ1) is 8.70. The molecule has 1 aliphatic rings. The predicted molar refractivity (Wildman–Crippen MR) is 74.9 cm³/mol. The molecule has 0 spiro atoms. The van der Waals surface area contributed by atoms with E-state index in [4.69, 9.17) is 16.9 Å². The zero-order valence-corrected chi connectivity index (χ0v) is 11.4. The fourth-order valence-electron chi connectivity index (χ4n) is 2.36. The van der Waals surface area contributed by atoms with Gasteiger partial charge in [-0.25, -0.2) is 0 Å². The van der Waals surface area contributed by atoms with E-state index < -0.39 is 0 Å². The van der Waals surface area contributed by atoms with Crippen LogP contribution in [0.5, 0.6) is 0 Å². The molecule has 1 aromatic rings. The van der Waals surface area contributed by atoms with Gasteiger partial charge in [0.1, 0.15) is 0 Å². The number of likely N-dealkylation sites (tertiary alicyclic amines) is 1. The van der Waals surface area contributed by atoms with Crippen molar-refractivity contribution in [3.05, 3.63) is 28.8 Å². The van der Waals surface area contributed by atoms with Gasteiger partial charge in [0.05, 0.1) is 22.3 Å². The van der Waals surface area contributed by atoms with E-state index in [0.717, 1.165) is 12.2 Å². The van der Waals surface area contributed by atoms with Gasteiger partial charge >= 0.3 is 0 Å². The Bertz CT molecular complexity index is 453. The fraction of sp³-hybridized carbons (Fsp3) is 0.500. The van der Waals surface area contributed by atoms with Crippen LogP contribution in [0.2, 0.25) is 5.02 Å². The first-order valence-corrected chi connectivity index (χ1v) is 6.72. The number of nitriles is 1. The summed E-state index contributed by atoms with van der Waals surface area (Å²) in [4.78, 5) is 2.40. The molecule has 3 nitrogen and oxygen atoms in total. The Hall–Kier alpha value is -1.24. The van der Waals surface area contributed by atoms with Gasteiger partial charge in [-0.1, -0.05) is 18.0 Å². The number of anilines is 1. The molecule has 0 aliphatic carbocycles. The summed E-state index contributed by atoms with van der Waals surface area (Å²) in [5.41, 5.74) is 1.51. The number of nitrogens with one attached hydrogen (secondary N) is 1. The van der Waals surface area contributed by atoms with E-state index in [9.17, 15) is 0 Å². The molecule has 2 rings (SSSR count). The van der Waals surface area contributed by atoms with Gasteiger partial charge in [0.15, 0.2) is 0 Å². The number of nitrogens with zero attached hydrogens (tertiary/aromatic N) is 2. The average Bonchev–Trinajstić information content (AvgIpc) is 2.39. The first kappa shape index (κ1) is 13.2. The number of halogens is 1. The number of likely N-dealkylation sites (N-methyl/N-ethyl adjacent to an activating group) is 1. The van der Waals surface area contributed by atoms with Gasteiger partial charge < -0.3 is 10.2 Å². The van der Waals surface area contributed by atoms with Crippen molar-refractivity contribution in [2.75, 3.05) is 25.5 Å². The van der Waals surface area contributed by atoms with Crippen molar-refractivity contribution >= 4 is 17.3 Å². The maximum Gasteiger partial charge on any atom is 0.0992 e. The van der Waals surface area contributed by atoms with Crippen molar-refractivity contribution in [3.8, 4) is 6.07 Å². The first-order valence-electron chi connectivity index (χ1n) is 6.34. The summed E-state index contributed by atoms with van der Waals surface area (Å²) < 4.78 is 0. The Balaban J connectivity index is 1.95. The highest BCUT2D eigenvalue weighted by Gasteiger charge is 2.18. The zero-order chi connectivity index (χ0) is 13.0. The van der Waals surface area contributed by atoms with Crippen LogP contribution in [0.25, 0.3) is 0 Å². The summed E-state index contributed by atoms with van der Waals surface area (Å²) in [5.74, 6) is 0. The minimum absolute atomic E-state index is 0.575. The number of rotatable bonds is 3. The van der Waals surface area contributed by atoms with E-state index in [-0.39, 0.29) is 0 Å². The number of benzene rings is 1. The van der Waals surface area contributed by atoms with Crippen molar-refractivity contribution in [1.82, 2.24) is 4.90 Å². The second-order valence-corrected chi connectivity index (χ2v) is 5.22. The Morgan fingerprint density at radius 1 is 1.50 bits per heavy atom. The third kappa shape index (κ3) is 3.16. The molecule has 0 amide bonds. The van der Waals surface area contributed by atoms with Crippen molar-refractivity contribution in [1.29, 1.82) is 5.26 Å². The lowest BCUT2D eigenvalue weighted by atomic mass is 10.0. The van der Waals surface area contributed by atoms with Crippen molar-refractivity contribution in [2.45, 2.75) is 25.3 Å². The van der Waals surface area contributed by atoms with Crippen LogP contribution < -0.4 is 5.32 Å². The Morgan fingerprint density at radius 2 is 2.33 bits per heavy atom. The third-order valence-corrected chi connectivity index (χ3v) is 3.86. The molecule has 0 radical (unpaired) electrons. The molecule has 1 atom stereocenters. The Labute approximate surface area is 113 Å². The molecule has 1 heterocycles. The summed E-state index contributed by atoms with van der Waals surface area (Å²) in [5, 5.41) is 12.8. The fourth-order valence-corrected chi connectivity index (χ4v) is 2.61. The van der Waals surface area contributed by atoms with Gasteiger partial charge in [-0.15, -0.1) is 0 Å². The highest BCUT2D eigenvalue weighted by molar-refractivity contribution is 6.33. The minimum atomic E-state index is 0.575. The van der Waals surface area contributed by atoms with Crippen molar-refractivity contribution in [2.24, 2.45) is 0 Å². The van der Waals surface area contributed by atoms with Gasteiger partial charge in [0.25, 0.3) is 0 Å². The van der Waals surface area contributed by atoms with Crippen molar-refractivity contribution < 1.29 is 0 Å². The SMILES string of the molecule is CN1CCCCC1CNc1ccc(C#N)cc1Cl. The normalized spacial score (nSPS) is 20.4. The lowest BCUT2D eigenvalue weighted by Gasteiger charge is -2.32. The average molecular weight is 264 g/mol. The molecule has 0 bridgehead atoms. The second-order valence-electron chi connectivity index (χ2n) is 4.82. The summed E-state index contributed by atoms with van der Waals surface area (Å²) in [7, 11) is 2.17. The van der Waals surface area contributed by atoms with Crippen LogP contribution in [0, 0.1) is 11.3 Å². The Morgan fingerprint density at radius 3 is 3.00 bits per heavy atom. The maximum atomic E-state index is 8.79. The summed E-state index contributed by atoms with van der Waals surface area (Å²) >= 11 is 6.14. The van der Waals surface area contributed by atoms with E-state index in [1.54, 1.807) is 12.1 Å². The molecule has 0 saturated carbocycles. The molecule has 18 heavy (non-hydrogen) atoms. The lowest BCUT2D eigenvalue weighted by Crippen LogP contribution is -2.40. The summed E-state index contributed by atoms with van der Waals surface area (Å²) in [6, 6.07) is 8.03. The van der Waals surface area contributed by atoms with E-state index in [0.29, 0.717) is 16.6 Å². The van der Waals surface area contributed by atoms with E-state index in [2.05, 4.69) is 23.3 Å². The largest absolute Gasteiger partial charge is 0.382 e.